The quantitative estimate of drug-likeness (QED) is 0.358. The Morgan fingerprint density at radius 2 is 1.89 bits per heavy atom. The van der Waals surface area contributed by atoms with E-state index in [1.54, 1.807) is 41.0 Å². The maximum Gasteiger partial charge on any atom is 0.414 e. The number of aromatic nitrogens is 1. The van der Waals surface area contributed by atoms with Gasteiger partial charge in [-0.15, -0.1) is 0 Å². The lowest BCUT2D eigenvalue weighted by molar-refractivity contribution is -0.613. The maximum atomic E-state index is 13.4. The van der Waals surface area contributed by atoms with Gasteiger partial charge in [0.2, 0.25) is 0 Å². The molecule has 0 N–H and O–H groups in total. The molecule has 0 radical (unpaired) electrons. The number of amides is 2. The van der Waals surface area contributed by atoms with Crippen molar-refractivity contribution < 1.29 is 28.5 Å². The number of ether oxygens (including phenoxy) is 3. The average molecular weight is 518 g/mol. The summed E-state index contributed by atoms with van der Waals surface area (Å²) in [5, 5.41) is 11.9. The summed E-state index contributed by atoms with van der Waals surface area (Å²) in [5.74, 6) is 0.832. The second kappa shape index (κ2) is 10.6. The number of benzene rings is 2. The number of anilines is 1. The van der Waals surface area contributed by atoms with E-state index in [1.807, 2.05) is 31.2 Å². The highest BCUT2D eigenvalue weighted by atomic mass is 16.6. The summed E-state index contributed by atoms with van der Waals surface area (Å²) in [7, 11) is 1.52. The van der Waals surface area contributed by atoms with E-state index in [0.29, 0.717) is 48.7 Å². The van der Waals surface area contributed by atoms with Crippen molar-refractivity contribution in [2.45, 2.75) is 45.9 Å². The van der Waals surface area contributed by atoms with E-state index in [0.717, 1.165) is 27.1 Å². The molecule has 0 atom stereocenters. The van der Waals surface area contributed by atoms with Crippen LogP contribution in [0.5, 0.6) is 11.5 Å². The summed E-state index contributed by atoms with van der Waals surface area (Å²) in [4.78, 5) is 29.5. The summed E-state index contributed by atoms with van der Waals surface area (Å²) in [6.07, 6.45) is 2.44. The van der Waals surface area contributed by atoms with Gasteiger partial charge in [0.25, 0.3) is 5.91 Å². The number of aryl methyl sites for hydroxylation is 1. The number of pyridine rings is 1. The first-order valence-corrected chi connectivity index (χ1v) is 12.7. The predicted molar refractivity (Wildman–Crippen MR) is 140 cm³/mol. The molecule has 0 bridgehead atoms. The third kappa shape index (κ3) is 4.83. The van der Waals surface area contributed by atoms with Crippen molar-refractivity contribution in [3.8, 4) is 11.5 Å². The molecule has 5 rings (SSSR count). The van der Waals surface area contributed by atoms with E-state index >= 15 is 0 Å². The molecule has 0 spiro atoms. The number of cyclic esters (lactones) is 1. The molecule has 2 aliphatic heterocycles. The second-order valence-electron chi connectivity index (χ2n) is 9.62. The number of rotatable bonds is 6. The van der Waals surface area contributed by atoms with Gasteiger partial charge in [0.05, 0.1) is 23.9 Å². The van der Waals surface area contributed by atoms with Crippen molar-refractivity contribution in [3.63, 3.8) is 0 Å². The highest BCUT2D eigenvalue weighted by molar-refractivity contribution is 5.97. The smallest absolute Gasteiger partial charge is 0.414 e. The minimum Gasteiger partial charge on any atom is -0.619 e. The summed E-state index contributed by atoms with van der Waals surface area (Å²) >= 11 is 0. The molecule has 1 fully saturated rings. The van der Waals surface area contributed by atoms with Gasteiger partial charge in [-0.3, -0.25) is 9.69 Å². The molecule has 1 saturated heterocycles. The summed E-state index contributed by atoms with van der Waals surface area (Å²) in [6, 6.07) is 14.6. The van der Waals surface area contributed by atoms with Crippen molar-refractivity contribution >= 4 is 17.7 Å². The fourth-order valence-corrected chi connectivity index (χ4v) is 5.14. The van der Waals surface area contributed by atoms with Crippen molar-refractivity contribution in [1.29, 1.82) is 0 Å². The number of hydrogen-bond donors (Lipinski definition) is 0. The minimum absolute atomic E-state index is 0.0385. The molecule has 2 aromatic carbocycles. The van der Waals surface area contributed by atoms with E-state index in [2.05, 4.69) is 0 Å². The first-order chi connectivity index (χ1) is 18.4. The number of carbonyl (C=O) groups excluding carboxylic acids is 2. The van der Waals surface area contributed by atoms with E-state index in [-0.39, 0.29) is 31.3 Å². The van der Waals surface area contributed by atoms with Crippen molar-refractivity contribution in [1.82, 2.24) is 4.90 Å². The molecule has 9 heteroatoms. The Bertz CT molecular complexity index is 1370. The molecular weight excluding hydrogens is 486 g/mol. The van der Waals surface area contributed by atoms with E-state index in [9.17, 15) is 14.8 Å². The second-order valence-corrected chi connectivity index (χ2v) is 9.62. The molecule has 2 amide bonds. The lowest BCUT2D eigenvalue weighted by Crippen LogP contribution is -2.50. The predicted octanol–water partition coefficient (Wildman–Crippen LogP) is 4.29. The zero-order valence-corrected chi connectivity index (χ0v) is 21.8. The molecule has 0 unspecified atom stereocenters. The highest BCUT2D eigenvalue weighted by Crippen LogP contribution is 2.33. The summed E-state index contributed by atoms with van der Waals surface area (Å²) in [6.45, 7) is 5.23. The Labute approximate surface area is 221 Å². The monoisotopic (exact) mass is 517 g/mol. The van der Waals surface area contributed by atoms with E-state index < -0.39 is 0 Å². The molecular formula is C29H31N3O6. The molecule has 0 aliphatic carbocycles. The lowest BCUT2D eigenvalue weighted by atomic mass is 10.00. The van der Waals surface area contributed by atoms with Gasteiger partial charge < -0.3 is 24.3 Å². The van der Waals surface area contributed by atoms with Crippen LogP contribution in [0.3, 0.4) is 0 Å². The van der Waals surface area contributed by atoms with Gasteiger partial charge in [0.1, 0.15) is 24.7 Å². The van der Waals surface area contributed by atoms with Crippen LogP contribution in [0.2, 0.25) is 0 Å². The van der Waals surface area contributed by atoms with Gasteiger partial charge in [0, 0.05) is 43.8 Å². The van der Waals surface area contributed by atoms with Crippen molar-refractivity contribution in [3.05, 3.63) is 87.9 Å². The molecule has 3 heterocycles. The van der Waals surface area contributed by atoms with Crippen LogP contribution in [-0.2, 0) is 18.0 Å². The number of methoxy groups -OCH3 is 1. The number of nitrogens with zero attached hydrogens (tertiary/aromatic N) is 3. The Kier molecular flexibility index (Phi) is 7.09. The summed E-state index contributed by atoms with van der Waals surface area (Å²) in [5.41, 5.74) is 4.71. The molecule has 3 aromatic rings. The molecule has 1 aromatic heterocycles. The standard InChI is InChI=1S/C29H31N3O6/c1-19-10-15-31(35)20(2)25(19)18-37-23-8-9-24(27(16-23)36-3)28(33)30-13-11-22(12-14-30)32-26-7-5-4-6-21(26)17-38-29(32)34/h4-10,15-16,22H,11-14,17-18H2,1-3H3. The number of para-hydroxylation sites is 1. The molecule has 9 nitrogen and oxygen atoms in total. The normalized spacial score (nSPS) is 15.6. The van der Waals surface area contributed by atoms with Crippen LogP contribution in [0.4, 0.5) is 10.5 Å². The molecule has 2 aliphatic rings. The Hall–Kier alpha value is -4.27. The molecule has 38 heavy (non-hydrogen) atoms. The van der Waals surface area contributed by atoms with Gasteiger partial charge >= 0.3 is 6.09 Å². The van der Waals surface area contributed by atoms with Crippen molar-refractivity contribution in [2.24, 2.45) is 0 Å². The van der Waals surface area contributed by atoms with E-state index in [1.165, 1.54) is 13.3 Å². The SMILES string of the molecule is COc1cc(OCc2c(C)cc[n+]([O-])c2C)ccc1C(=O)N1CCC(N2C(=O)OCc3ccccc32)CC1. The number of likely N-dealkylation sites (tertiary alicyclic amines) is 1. The number of piperidine rings is 1. The van der Waals surface area contributed by atoms with Crippen LogP contribution in [0.15, 0.2) is 54.7 Å². The Morgan fingerprint density at radius 3 is 2.66 bits per heavy atom. The maximum absolute atomic E-state index is 13.4. The van der Waals surface area contributed by atoms with Crippen LogP contribution in [-0.4, -0.2) is 43.1 Å². The average Bonchev–Trinajstić information content (AvgIpc) is 2.94. The topological polar surface area (TPSA) is 95.2 Å². The van der Waals surface area contributed by atoms with Gasteiger partial charge in [-0.2, -0.15) is 4.73 Å². The molecule has 0 saturated carbocycles. The summed E-state index contributed by atoms with van der Waals surface area (Å²) < 4.78 is 17.7. The molecule has 198 valence electrons. The third-order valence-corrected chi connectivity index (χ3v) is 7.41. The zero-order chi connectivity index (χ0) is 26.8. The minimum atomic E-state index is -0.336. The van der Waals surface area contributed by atoms with E-state index in [4.69, 9.17) is 14.2 Å². The fourth-order valence-electron chi connectivity index (χ4n) is 5.14. The van der Waals surface area contributed by atoms with Crippen LogP contribution in [0, 0.1) is 19.1 Å². The third-order valence-electron chi connectivity index (χ3n) is 7.41. The van der Waals surface area contributed by atoms with Crippen LogP contribution >= 0.6 is 0 Å². The Morgan fingerprint density at radius 1 is 1.13 bits per heavy atom. The van der Waals surface area contributed by atoms with Crippen LogP contribution in [0.25, 0.3) is 0 Å². The number of fused-ring (bicyclic) bond motifs is 1. The lowest BCUT2D eigenvalue weighted by Gasteiger charge is -2.40. The fraction of sp³-hybridized carbons (Fsp3) is 0.345. The van der Waals surface area contributed by atoms with Crippen LogP contribution < -0.4 is 19.1 Å². The van der Waals surface area contributed by atoms with Crippen molar-refractivity contribution in [2.75, 3.05) is 25.1 Å². The Balaban J connectivity index is 1.25. The largest absolute Gasteiger partial charge is 0.619 e. The van der Waals surface area contributed by atoms with Gasteiger partial charge in [0.15, 0.2) is 11.9 Å². The first kappa shape index (κ1) is 25.4. The highest BCUT2D eigenvalue weighted by Gasteiger charge is 2.35. The number of carbonyl (C=O) groups is 2. The van der Waals surface area contributed by atoms with Gasteiger partial charge in [-0.05, 0) is 43.5 Å². The zero-order valence-electron chi connectivity index (χ0n) is 21.8. The first-order valence-electron chi connectivity index (χ1n) is 12.7. The van der Waals surface area contributed by atoms with Crippen LogP contribution in [0.1, 0.15) is 45.6 Å². The van der Waals surface area contributed by atoms with Gasteiger partial charge in [-0.25, -0.2) is 4.79 Å². The number of hydrogen-bond acceptors (Lipinski definition) is 6. The van der Waals surface area contributed by atoms with Gasteiger partial charge in [-0.1, -0.05) is 18.2 Å².